The van der Waals surface area contributed by atoms with Gasteiger partial charge in [0.15, 0.2) is 0 Å². The van der Waals surface area contributed by atoms with Crippen molar-refractivity contribution in [2.45, 2.75) is 43.7 Å². The Morgan fingerprint density at radius 1 is 1.32 bits per heavy atom. The van der Waals surface area contributed by atoms with Crippen LogP contribution in [0.2, 0.25) is 5.02 Å². The molecule has 0 spiro atoms. The van der Waals surface area contributed by atoms with Crippen LogP contribution in [-0.2, 0) is 14.4 Å². The van der Waals surface area contributed by atoms with Crippen LogP contribution in [0.5, 0.6) is 0 Å². The summed E-state index contributed by atoms with van der Waals surface area (Å²) in [6.07, 6.45) is 1.17. The molecule has 0 aromatic heterocycles. The monoisotopic (exact) mass is 431 g/mol. The van der Waals surface area contributed by atoms with Crippen LogP contribution < -0.4 is 15.5 Å². The largest absolute Gasteiger partial charge is 0.481 e. The minimum Gasteiger partial charge on any atom is -0.481 e. The highest BCUT2D eigenvalue weighted by Crippen LogP contribution is 2.34. The number of nitrogens with one attached hydrogen (secondary N) is 2. The first-order valence-corrected chi connectivity index (χ1v) is 9.22. The summed E-state index contributed by atoms with van der Waals surface area (Å²) in [6, 6.07) is 4.88. The van der Waals surface area contributed by atoms with E-state index in [1.54, 1.807) is 6.07 Å². The summed E-state index contributed by atoms with van der Waals surface area (Å²) >= 11 is 6.40. The van der Waals surface area contributed by atoms with Crippen LogP contribution in [-0.4, -0.2) is 52.7 Å². The molecular weight excluding hydrogens is 409 g/mol. The fourth-order valence-corrected chi connectivity index (χ4v) is 3.81. The van der Waals surface area contributed by atoms with Crippen molar-refractivity contribution < 1.29 is 24.6 Å². The van der Waals surface area contributed by atoms with E-state index in [-0.39, 0.29) is 30.6 Å². The van der Waals surface area contributed by atoms with Gasteiger partial charge in [0, 0.05) is 25.2 Å². The molecule has 4 N–H and O–H groups in total. The molecule has 0 bridgehead atoms. The second kappa shape index (κ2) is 8.98. The Morgan fingerprint density at radius 2 is 2.00 bits per heavy atom. The number of nitrogens with zero attached hydrogens (tertiary/aromatic N) is 1. The number of aliphatic hydroxyl groups is 1. The van der Waals surface area contributed by atoms with Crippen LogP contribution >= 0.6 is 24.0 Å². The molecule has 3 rings (SSSR count). The number of benzene rings is 1. The number of halogens is 2. The van der Waals surface area contributed by atoms with Crippen LogP contribution in [0.3, 0.4) is 0 Å². The number of carbonyl (C=O) groups is 3. The number of hydrogen-bond acceptors (Lipinski definition) is 6. The smallest absolute Gasteiger partial charge is 0.306 e. The predicted octanol–water partition coefficient (Wildman–Crippen LogP) is 1.78. The van der Waals surface area contributed by atoms with E-state index in [1.165, 1.54) is 0 Å². The van der Waals surface area contributed by atoms with Gasteiger partial charge in [0.25, 0.3) is 0 Å². The minimum absolute atomic E-state index is 0. The molecule has 2 heterocycles. The first kappa shape index (κ1) is 22.3. The van der Waals surface area contributed by atoms with Gasteiger partial charge in [0.05, 0.1) is 22.7 Å². The lowest BCUT2D eigenvalue weighted by Crippen LogP contribution is -2.47. The number of imide groups is 1. The fourth-order valence-electron chi connectivity index (χ4n) is 3.51. The maximum Gasteiger partial charge on any atom is 0.306 e. The topological polar surface area (TPSA) is 119 Å². The lowest BCUT2D eigenvalue weighted by molar-refractivity contribution is -0.143. The normalized spacial score (nSPS) is 21.5. The van der Waals surface area contributed by atoms with Crippen LogP contribution in [0.1, 0.15) is 32.1 Å². The second-order valence-electron chi connectivity index (χ2n) is 7.10. The Bertz CT molecular complexity index is 766. The maximum atomic E-state index is 11.8. The van der Waals surface area contributed by atoms with Gasteiger partial charge in [-0.25, -0.2) is 0 Å². The summed E-state index contributed by atoms with van der Waals surface area (Å²) in [5.41, 5.74) is 0.294. The number of carboxylic acid groups (broad SMARTS) is 1. The number of aliphatic carboxylic acids is 1. The molecule has 2 fully saturated rings. The predicted molar refractivity (Wildman–Crippen MR) is 107 cm³/mol. The zero-order chi connectivity index (χ0) is 19.6. The van der Waals surface area contributed by atoms with Gasteiger partial charge in [0.2, 0.25) is 11.8 Å². The van der Waals surface area contributed by atoms with Gasteiger partial charge >= 0.3 is 5.97 Å². The van der Waals surface area contributed by atoms with E-state index in [2.05, 4.69) is 10.6 Å². The van der Waals surface area contributed by atoms with Crippen molar-refractivity contribution in [3.63, 3.8) is 0 Å². The quantitative estimate of drug-likeness (QED) is 0.524. The zero-order valence-electron chi connectivity index (χ0n) is 15.1. The summed E-state index contributed by atoms with van der Waals surface area (Å²) in [6.45, 7) is 1.01. The Kier molecular flexibility index (Phi) is 7.14. The highest BCUT2D eigenvalue weighted by molar-refractivity contribution is 6.33. The number of rotatable bonds is 5. The summed E-state index contributed by atoms with van der Waals surface area (Å²) in [5, 5.41) is 25.1. The van der Waals surface area contributed by atoms with E-state index in [4.69, 9.17) is 16.7 Å². The lowest BCUT2D eigenvalue weighted by atomic mass is 9.88. The van der Waals surface area contributed by atoms with E-state index in [9.17, 15) is 19.5 Å². The summed E-state index contributed by atoms with van der Waals surface area (Å²) in [5.74, 6) is -1.62. The number of carbonyl (C=O) groups excluding carboxylic acids is 2. The molecule has 0 radical (unpaired) electrons. The molecule has 2 amide bonds. The van der Waals surface area contributed by atoms with Crippen molar-refractivity contribution >= 4 is 53.2 Å². The van der Waals surface area contributed by atoms with E-state index in [1.807, 2.05) is 17.0 Å². The Balaban J connectivity index is 0.00000280. The van der Waals surface area contributed by atoms with E-state index < -0.39 is 17.6 Å². The van der Waals surface area contributed by atoms with Gasteiger partial charge in [-0.3, -0.25) is 19.7 Å². The minimum atomic E-state index is -1.18. The average Bonchev–Trinajstić information content (AvgIpc) is 2.58. The van der Waals surface area contributed by atoms with Crippen molar-refractivity contribution in [2.75, 3.05) is 23.3 Å². The zero-order valence-corrected chi connectivity index (χ0v) is 16.7. The fraction of sp³-hybridized carbons (Fsp3) is 0.500. The van der Waals surface area contributed by atoms with E-state index in [0.717, 1.165) is 5.69 Å². The average molecular weight is 432 g/mol. The Hall–Kier alpha value is -2.03. The molecule has 1 unspecified atom stereocenters. The molecule has 1 aromatic rings. The molecule has 1 atom stereocenters. The molecule has 2 aliphatic heterocycles. The molecule has 10 heteroatoms. The van der Waals surface area contributed by atoms with Gasteiger partial charge < -0.3 is 20.4 Å². The van der Waals surface area contributed by atoms with Crippen LogP contribution in [0.25, 0.3) is 0 Å². The molecule has 8 nitrogen and oxygen atoms in total. The number of anilines is 2. The number of carboxylic acids is 1. The Morgan fingerprint density at radius 3 is 2.57 bits per heavy atom. The summed E-state index contributed by atoms with van der Waals surface area (Å²) < 4.78 is 0. The lowest BCUT2D eigenvalue weighted by Gasteiger charge is -2.39. The number of piperidine rings is 2. The van der Waals surface area contributed by atoms with Gasteiger partial charge in [0.1, 0.15) is 6.04 Å². The third-order valence-electron chi connectivity index (χ3n) is 5.04. The number of hydrogen-bond donors (Lipinski definition) is 4. The standard InChI is InChI=1S/C18H22ClN3O5.ClH/c19-12-9-11(20-13-2-4-15(23)21-17(13)26)1-3-14(12)22-7-5-18(27,6-8-22)10-16(24)25;/h1,3,9,13,20,27H,2,4-8,10H2,(H,24,25)(H,21,23,26);1H. The van der Waals surface area contributed by atoms with Crippen molar-refractivity contribution in [3.05, 3.63) is 23.2 Å². The molecular formula is C18H23Cl2N3O5. The third kappa shape index (κ3) is 5.27. The molecule has 154 valence electrons. The van der Waals surface area contributed by atoms with E-state index in [0.29, 0.717) is 49.5 Å². The highest BCUT2D eigenvalue weighted by Gasteiger charge is 2.35. The summed E-state index contributed by atoms with van der Waals surface area (Å²) in [7, 11) is 0. The third-order valence-corrected chi connectivity index (χ3v) is 5.35. The second-order valence-corrected chi connectivity index (χ2v) is 7.50. The molecule has 1 aromatic carbocycles. The first-order chi connectivity index (χ1) is 12.8. The highest BCUT2D eigenvalue weighted by atomic mass is 35.5. The molecule has 0 saturated carbocycles. The van der Waals surface area contributed by atoms with Gasteiger partial charge in [-0.05, 0) is 37.5 Å². The molecule has 2 saturated heterocycles. The molecule has 28 heavy (non-hydrogen) atoms. The van der Waals surface area contributed by atoms with Crippen LogP contribution in [0.4, 0.5) is 11.4 Å². The molecule has 2 aliphatic rings. The van der Waals surface area contributed by atoms with Crippen LogP contribution in [0, 0.1) is 0 Å². The first-order valence-electron chi connectivity index (χ1n) is 8.85. The van der Waals surface area contributed by atoms with Crippen LogP contribution in [0.15, 0.2) is 18.2 Å². The summed E-state index contributed by atoms with van der Waals surface area (Å²) in [4.78, 5) is 35.9. The molecule has 0 aliphatic carbocycles. The van der Waals surface area contributed by atoms with Crippen molar-refractivity contribution in [1.82, 2.24) is 5.32 Å². The Labute approximate surface area is 173 Å². The van der Waals surface area contributed by atoms with Crippen molar-refractivity contribution in [3.8, 4) is 0 Å². The maximum absolute atomic E-state index is 11.8. The van der Waals surface area contributed by atoms with Crippen molar-refractivity contribution in [1.29, 1.82) is 0 Å². The van der Waals surface area contributed by atoms with Crippen molar-refractivity contribution in [2.24, 2.45) is 0 Å². The van der Waals surface area contributed by atoms with Gasteiger partial charge in [-0.2, -0.15) is 0 Å². The number of amides is 2. The van der Waals surface area contributed by atoms with E-state index >= 15 is 0 Å². The van der Waals surface area contributed by atoms with Gasteiger partial charge in [-0.15, -0.1) is 12.4 Å². The van der Waals surface area contributed by atoms with Gasteiger partial charge in [-0.1, -0.05) is 11.6 Å². The SMILES string of the molecule is Cl.O=C(O)CC1(O)CCN(c2ccc(NC3CCC(=O)NC3=O)cc2Cl)CC1.